The van der Waals surface area contributed by atoms with E-state index >= 15 is 0 Å². The summed E-state index contributed by atoms with van der Waals surface area (Å²) in [5.74, 6) is -0.336. The van der Waals surface area contributed by atoms with Gasteiger partial charge in [-0.2, -0.15) is 0 Å². The molecule has 4 amide bonds. The summed E-state index contributed by atoms with van der Waals surface area (Å²) >= 11 is 6.04. The normalized spacial score (nSPS) is 20.1. The minimum Gasteiger partial charge on any atom is -0.350 e. The van der Waals surface area contributed by atoms with Crippen LogP contribution in [0.15, 0.2) is 24.3 Å². The van der Waals surface area contributed by atoms with Crippen LogP contribution in [0.1, 0.15) is 39.2 Å². The molecule has 0 saturated carbocycles. The third kappa shape index (κ3) is 4.72. The number of hydrogen-bond acceptors (Lipinski definition) is 3. The van der Waals surface area contributed by atoms with Gasteiger partial charge in [0.2, 0.25) is 5.91 Å². The van der Waals surface area contributed by atoms with Gasteiger partial charge in [-0.25, -0.2) is 4.79 Å². The van der Waals surface area contributed by atoms with Crippen molar-refractivity contribution in [1.82, 2.24) is 15.5 Å². The van der Waals surface area contributed by atoms with Gasteiger partial charge in [-0.3, -0.25) is 14.5 Å². The molecule has 6 nitrogen and oxygen atoms in total. The number of rotatable bonds is 7. The Balaban J connectivity index is 1.93. The maximum absolute atomic E-state index is 12.6. The van der Waals surface area contributed by atoms with Crippen LogP contribution in [0.2, 0.25) is 5.02 Å². The second-order valence-electron chi connectivity index (χ2n) is 6.95. The first-order valence-corrected chi connectivity index (χ1v) is 8.75. The van der Waals surface area contributed by atoms with E-state index in [2.05, 4.69) is 24.5 Å². The minimum atomic E-state index is -0.940. The van der Waals surface area contributed by atoms with Gasteiger partial charge in [-0.1, -0.05) is 43.6 Å². The van der Waals surface area contributed by atoms with Crippen molar-refractivity contribution in [2.45, 2.75) is 45.7 Å². The van der Waals surface area contributed by atoms with Gasteiger partial charge >= 0.3 is 6.03 Å². The number of carbonyl (C=O) groups excluding carboxylic acids is 3. The van der Waals surface area contributed by atoms with E-state index in [0.717, 1.165) is 16.9 Å². The van der Waals surface area contributed by atoms with Crippen molar-refractivity contribution in [3.8, 4) is 0 Å². The fourth-order valence-electron chi connectivity index (χ4n) is 2.67. The highest BCUT2D eigenvalue weighted by Gasteiger charge is 2.47. The number of amides is 4. The zero-order valence-corrected chi connectivity index (χ0v) is 15.5. The predicted molar refractivity (Wildman–Crippen MR) is 96.0 cm³/mol. The summed E-state index contributed by atoms with van der Waals surface area (Å²) < 4.78 is 0. The SMILES string of the molecule is CC(C)CC[C@]1(C)NC(=O)N(CC(=O)NCc2ccccc2Cl)C1=O. The lowest BCUT2D eigenvalue weighted by Gasteiger charge is -2.22. The molecule has 0 unspecified atom stereocenters. The first-order chi connectivity index (χ1) is 11.7. The van der Waals surface area contributed by atoms with E-state index < -0.39 is 17.5 Å². The summed E-state index contributed by atoms with van der Waals surface area (Å²) in [6, 6.07) is 6.65. The van der Waals surface area contributed by atoms with Crippen molar-refractivity contribution >= 4 is 29.4 Å². The molecule has 25 heavy (non-hydrogen) atoms. The lowest BCUT2D eigenvalue weighted by molar-refractivity contribution is -0.134. The van der Waals surface area contributed by atoms with Crippen LogP contribution in [0, 0.1) is 5.92 Å². The third-order valence-electron chi connectivity index (χ3n) is 4.30. The van der Waals surface area contributed by atoms with Gasteiger partial charge in [0, 0.05) is 11.6 Å². The van der Waals surface area contributed by atoms with Crippen LogP contribution in [0.4, 0.5) is 4.79 Å². The summed E-state index contributed by atoms with van der Waals surface area (Å²) in [5, 5.41) is 5.95. The van der Waals surface area contributed by atoms with Gasteiger partial charge in [-0.15, -0.1) is 0 Å². The Bertz CT molecular complexity index is 677. The van der Waals surface area contributed by atoms with Crippen LogP contribution in [-0.4, -0.2) is 34.8 Å². The molecule has 1 aromatic carbocycles. The molecule has 0 radical (unpaired) electrons. The molecule has 1 saturated heterocycles. The lowest BCUT2D eigenvalue weighted by atomic mass is 9.92. The summed E-state index contributed by atoms with van der Waals surface area (Å²) in [7, 11) is 0. The Hall–Kier alpha value is -2.08. The molecule has 1 aliphatic rings. The first kappa shape index (κ1) is 19.2. The van der Waals surface area contributed by atoms with Crippen molar-refractivity contribution in [2.24, 2.45) is 5.92 Å². The molecular weight excluding hydrogens is 342 g/mol. The van der Waals surface area contributed by atoms with E-state index in [4.69, 9.17) is 11.6 Å². The Morgan fingerprint density at radius 2 is 2.00 bits per heavy atom. The highest BCUT2D eigenvalue weighted by molar-refractivity contribution is 6.31. The van der Waals surface area contributed by atoms with Gasteiger partial charge in [0.25, 0.3) is 5.91 Å². The Morgan fingerprint density at radius 3 is 2.64 bits per heavy atom. The van der Waals surface area contributed by atoms with E-state index in [0.29, 0.717) is 17.4 Å². The Labute approximate surface area is 152 Å². The summed E-state index contributed by atoms with van der Waals surface area (Å²) in [6.45, 7) is 5.77. The predicted octanol–water partition coefficient (Wildman–Crippen LogP) is 2.70. The van der Waals surface area contributed by atoms with Crippen LogP contribution in [0.5, 0.6) is 0 Å². The molecule has 7 heteroatoms. The fraction of sp³-hybridized carbons (Fsp3) is 0.500. The zero-order chi connectivity index (χ0) is 18.6. The van der Waals surface area contributed by atoms with Crippen molar-refractivity contribution in [2.75, 3.05) is 6.54 Å². The van der Waals surface area contributed by atoms with Gasteiger partial charge in [0.15, 0.2) is 0 Å². The maximum Gasteiger partial charge on any atom is 0.325 e. The summed E-state index contributed by atoms with van der Waals surface area (Å²) in [4.78, 5) is 37.8. The average Bonchev–Trinajstić information content (AvgIpc) is 2.76. The van der Waals surface area contributed by atoms with Crippen molar-refractivity contribution < 1.29 is 14.4 Å². The molecule has 1 fully saturated rings. The van der Waals surface area contributed by atoms with Crippen molar-refractivity contribution in [3.05, 3.63) is 34.9 Å². The second kappa shape index (κ2) is 7.87. The van der Waals surface area contributed by atoms with E-state index in [1.54, 1.807) is 25.1 Å². The fourth-order valence-corrected chi connectivity index (χ4v) is 2.88. The molecule has 0 aromatic heterocycles. The standard InChI is InChI=1S/C18H24ClN3O3/c1-12(2)8-9-18(3)16(24)22(17(25)21-18)11-15(23)20-10-13-6-4-5-7-14(13)19/h4-7,12H,8-11H2,1-3H3,(H,20,23)(H,21,25)/t18-/m0/s1. The number of hydrogen-bond donors (Lipinski definition) is 2. The zero-order valence-electron chi connectivity index (χ0n) is 14.8. The molecule has 136 valence electrons. The van der Waals surface area contributed by atoms with Gasteiger partial charge < -0.3 is 10.6 Å². The monoisotopic (exact) mass is 365 g/mol. The third-order valence-corrected chi connectivity index (χ3v) is 4.67. The number of imide groups is 1. The lowest BCUT2D eigenvalue weighted by Crippen LogP contribution is -2.45. The van der Waals surface area contributed by atoms with Crippen molar-refractivity contribution in [3.63, 3.8) is 0 Å². The summed E-state index contributed by atoms with van der Waals surface area (Å²) in [6.07, 6.45) is 1.36. The van der Waals surface area contributed by atoms with E-state index in [1.807, 2.05) is 6.07 Å². The number of benzene rings is 1. The Morgan fingerprint density at radius 1 is 1.32 bits per heavy atom. The highest BCUT2D eigenvalue weighted by Crippen LogP contribution is 2.24. The average molecular weight is 366 g/mol. The Kier molecular flexibility index (Phi) is 6.06. The molecular formula is C18H24ClN3O3. The largest absolute Gasteiger partial charge is 0.350 e. The smallest absolute Gasteiger partial charge is 0.325 e. The van der Waals surface area contributed by atoms with Gasteiger partial charge in [0.05, 0.1) is 0 Å². The molecule has 2 rings (SSSR count). The van der Waals surface area contributed by atoms with Gasteiger partial charge in [-0.05, 0) is 37.3 Å². The van der Waals surface area contributed by atoms with Crippen molar-refractivity contribution in [1.29, 1.82) is 0 Å². The highest BCUT2D eigenvalue weighted by atomic mass is 35.5. The molecule has 0 spiro atoms. The molecule has 2 N–H and O–H groups in total. The quantitative estimate of drug-likeness (QED) is 0.729. The molecule has 0 bridgehead atoms. The molecule has 1 aromatic rings. The number of nitrogens with one attached hydrogen (secondary N) is 2. The maximum atomic E-state index is 12.6. The molecule has 1 heterocycles. The van der Waals surface area contributed by atoms with E-state index in [1.165, 1.54) is 0 Å². The van der Waals surface area contributed by atoms with Crippen LogP contribution in [-0.2, 0) is 16.1 Å². The molecule has 1 aliphatic heterocycles. The van der Waals surface area contributed by atoms with Gasteiger partial charge in [0.1, 0.15) is 12.1 Å². The first-order valence-electron chi connectivity index (χ1n) is 8.37. The summed E-state index contributed by atoms with van der Waals surface area (Å²) in [5.41, 5.74) is -0.166. The van der Waals surface area contributed by atoms with Crippen LogP contribution >= 0.6 is 11.6 Å². The number of carbonyl (C=O) groups is 3. The number of halogens is 1. The van der Waals surface area contributed by atoms with Crippen LogP contribution < -0.4 is 10.6 Å². The van der Waals surface area contributed by atoms with E-state index in [-0.39, 0.29) is 19.0 Å². The van der Waals surface area contributed by atoms with E-state index in [9.17, 15) is 14.4 Å². The topological polar surface area (TPSA) is 78.5 Å². The molecule has 1 atom stereocenters. The van der Waals surface area contributed by atoms with Crippen LogP contribution in [0.25, 0.3) is 0 Å². The number of urea groups is 1. The second-order valence-corrected chi connectivity index (χ2v) is 7.36. The van der Waals surface area contributed by atoms with Crippen LogP contribution in [0.3, 0.4) is 0 Å². The number of nitrogens with zero attached hydrogens (tertiary/aromatic N) is 1. The molecule has 0 aliphatic carbocycles. The minimum absolute atomic E-state index is 0.243.